The molecule has 0 radical (unpaired) electrons. The normalized spacial score (nSPS) is 13.8. The van der Waals surface area contributed by atoms with Gasteiger partial charge >= 0.3 is 5.97 Å². The number of nitrogens with zero attached hydrogens (tertiary/aromatic N) is 1. The molecule has 0 bridgehead atoms. The Bertz CT molecular complexity index is 897. The summed E-state index contributed by atoms with van der Waals surface area (Å²) in [5, 5.41) is 12.6. The number of hydrogen-bond acceptors (Lipinski definition) is 7. The number of amides is 1. The van der Waals surface area contributed by atoms with Crippen LogP contribution in [-0.4, -0.2) is 47.3 Å². The fourth-order valence-electron chi connectivity index (χ4n) is 3.00. The molecule has 8 nitrogen and oxygen atoms in total. The quantitative estimate of drug-likeness (QED) is 0.588. The summed E-state index contributed by atoms with van der Waals surface area (Å²) in [5.41, 5.74) is 0.878. The maximum atomic E-state index is 12.6. The van der Waals surface area contributed by atoms with Crippen molar-refractivity contribution in [3.8, 4) is 17.2 Å². The standard InChI is InChI=1S/C23H30N2O6/c1-13(2)21(16(5)30-17-9-7-14(3)8-10-17)31-23(28)15(4)25-22(27)19-20(26)18(29-6)11-12-24-19/h7-13,15-16,21,26H,1-6H3,(H,25,27)/t15-,16-,21?/m0/s1. The van der Waals surface area contributed by atoms with Gasteiger partial charge in [0, 0.05) is 12.3 Å². The van der Waals surface area contributed by atoms with Crippen molar-refractivity contribution < 1.29 is 28.9 Å². The van der Waals surface area contributed by atoms with Crippen LogP contribution in [0.5, 0.6) is 17.2 Å². The van der Waals surface area contributed by atoms with Crippen molar-refractivity contribution in [3.05, 3.63) is 47.8 Å². The number of aryl methyl sites for hydroxylation is 1. The van der Waals surface area contributed by atoms with E-state index in [1.807, 2.05) is 52.0 Å². The van der Waals surface area contributed by atoms with Crippen LogP contribution in [-0.2, 0) is 9.53 Å². The number of esters is 1. The first kappa shape index (κ1) is 24.0. The molecule has 0 saturated heterocycles. The molecule has 1 aromatic heterocycles. The molecule has 8 heteroatoms. The zero-order valence-electron chi connectivity index (χ0n) is 18.7. The lowest BCUT2D eigenvalue weighted by Crippen LogP contribution is -2.45. The summed E-state index contributed by atoms with van der Waals surface area (Å²) < 4.78 is 16.6. The van der Waals surface area contributed by atoms with Crippen LogP contribution in [0.4, 0.5) is 0 Å². The number of ether oxygens (including phenoxy) is 3. The number of pyridine rings is 1. The van der Waals surface area contributed by atoms with E-state index in [-0.39, 0.29) is 17.4 Å². The molecular weight excluding hydrogens is 400 g/mol. The Labute approximate surface area is 182 Å². The van der Waals surface area contributed by atoms with Gasteiger partial charge in [0.05, 0.1) is 7.11 Å². The molecule has 3 atom stereocenters. The number of rotatable bonds is 9. The van der Waals surface area contributed by atoms with Crippen molar-refractivity contribution in [1.29, 1.82) is 0 Å². The molecule has 0 aliphatic heterocycles. The van der Waals surface area contributed by atoms with Crippen LogP contribution in [0, 0.1) is 12.8 Å². The van der Waals surface area contributed by atoms with Gasteiger partial charge in [-0.2, -0.15) is 0 Å². The van der Waals surface area contributed by atoms with Gasteiger partial charge in [-0.15, -0.1) is 0 Å². The van der Waals surface area contributed by atoms with Crippen molar-refractivity contribution in [1.82, 2.24) is 10.3 Å². The minimum absolute atomic E-state index is 0.0172. The molecule has 1 amide bonds. The van der Waals surface area contributed by atoms with E-state index >= 15 is 0 Å². The molecule has 2 N–H and O–H groups in total. The highest BCUT2D eigenvalue weighted by Gasteiger charge is 2.30. The Morgan fingerprint density at radius 1 is 1.06 bits per heavy atom. The van der Waals surface area contributed by atoms with Crippen LogP contribution < -0.4 is 14.8 Å². The maximum Gasteiger partial charge on any atom is 0.328 e. The van der Waals surface area contributed by atoms with Crippen molar-refractivity contribution in [2.75, 3.05) is 7.11 Å². The third kappa shape index (κ3) is 6.34. The first-order valence-corrected chi connectivity index (χ1v) is 10.1. The number of methoxy groups -OCH3 is 1. The van der Waals surface area contributed by atoms with Crippen LogP contribution in [0.15, 0.2) is 36.5 Å². The minimum atomic E-state index is -0.965. The summed E-state index contributed by atoms with van der Waals surface area (Å²) in [7, 11) is 1.36. The van der Waals surface area contributed by atoms with Gasteiger partial charge in [-0.1, -0.05) is 31.5 Å². The second kappa shape index (κ2) is 10.7. The average molecular weight is 431 g/mol. The zero-order chi connectivity index (χ0) is 23.1. The van der Waals surface area contributed by atoms with E-state index < -0.39 is 35.9 Å². The van der Waals surface area contributed by atoms with Crippen LogP contribution in [0.3, 0.4) is 0 Å². The molecule has 2 aromatic rings. The summed E-state index contributed by atoms with van der Waals surface area (Å²) in [6.07, 6.45) is 0.394. The van der Waals surface area contributed by atoms with Gasteiger partial charge in [-0.25, -0.2) is 9.78 Å². The summed E-state index contributed by atoms with van der Waals surface area (Å²) in [5.74, 6) is -0.961. The van der Waals surface area contributed by atoms with Gasteiger partial charge < -0.3 is 24.6 Å². The van der Waals surface area contributed by atoms with Gasteiger partial charge in [0.25, 0.3) is 5.91 Å². The molecular formula is C23H30N2O6. The largest absolute Gasteiger partial charge is 0.503 e. The Hall–Kier alpha value is -3.29. The molecule has 168 valence electrons. The lowest BCUT2D eigenvalue weighted by atomic mass is 10.0. The number of hydrogen-bond donors (Lipinski definition) is 2. The van der Waals surface area contributed by atoms with Crippen LogP contribution >= 0.6 is 0 Å². The molecule has 0 aliphatic rings. The van der Waals surface area contributed by atoms with Gasteiger partial charge in [0.2, 0.25) is 0 Å². The highest BCUT2D eigenvalue weighted by Crippen LogP contribution is 2.27. The molecule has 0 fully saturated rings. The third-order valence-electron chi connectivity index (χ3n) is 4.74. The molecule has 0 saturated carbocycles. The predicted octanol–water partition coefficient (Wildman–Crippen LogP) is 3.26. The number of nitrogens with one attached hydrogen (secondary N) is 1. The fourth-order valence-corrected chi connectivity index (χ4v) is 3.00. The van der Waals surface area contributed by atoms with Crippen LogP contribution in [0.25, 0.3) is 0 Å². The van der Waals surface area contributed by atoms with E-state index in [2.05, 4.69) is 10.3 Å². The van der Waals surface area contributed by atoms with Crippen molar-refractivity contribution in [2.24, 2.45) is 5.92 Å². The zero-order valence-corrected chi connectivity index (χ0v) is 18.7. The SMILES string of the molecule is COc1ccnc(C(=O)N[C@@H](C)C(=O)OC(C(C)C)[C@H](C)Oc2ccc(C)cc2)c1O. The Morgan fingerprint density at radius 3 is 2.29 bits per heavy atom. The smallest absolute Gasteiger partial charge is 0.328 e. The topological polar surface area (TPSA) is 107 Å². The average Bonchev–Trinajstić information content (AvgIpc) is 2.73. The van der Waals surface area contributed by atoms with Crippen molar-refractivity contribution in [3.63, 3.8) is 0 Å². The van der Waals surface area contributed by atoms with E-state index in [9.17, 15) is 14.7 Å². The second-order valence-corrected chi connectivity index (χ2v) is 7.69. The molecule has 0 aliphatic carbocycles. The molecule has 2 rings (SSSR count). The minimum Gasteiger partial charge on any atom is -0.503 e. The lowest BCUT2D eigenvalue weighted by molar-refractivity contribution is -0.158. The Morgan fingerprint density at radius 2 is 1.71 bits per heavy atom. The predicted molar refractivity (Wildman–Crippen MR) is 115 cm³/mol. The van der Waals surface area contributed by atoms with E-state index in [1.165, 1.54) is 26.3 Å². The van der Waals surface area contributed by atoms with E-state index in [0.29, 0.717) is 5.75 Å². The van der Waals surface area contributed by atoms with E-state index in [1.54, 1.807) is 0 Å². The summed E-state index contributed by atoms with van der Waals surface area (Å²) in [4.78, 5) is 28.9. The highest BCUT2D eigenvalue weighted by molar-refractivity contribution is 5.97. The molecule has 0 spiro atoms. The van der Waals surface area contributed by atoms with Gasteiger partial charge in [-0.05, 0) is 38.8 Å². The van der Waals surface area contributed by atoms with E-state index in [4.69, 9.17) is 14.2 Å². The summed E-state index contributed by atoms with van der Waals surface area (Å²) >= 11 is 0. The third-order valence-corrected chi connectivity index (χ3v) is 4.74. The van der Waals surface area contributed by atoms with Crippen molar-refractivity contribution in [2.45, 2.75) is 52.9 Å². The fraction of sp³-hybridized carbons (Fsp3) is 0.435. The van der Waals surface area contributed by atoms with Gasteiger partial charge in [-0.3, -0.25) is 4.79 Å². The number of aromatic nitrogens is 1. The van der Waals surface area contributed by atoms with Crippen molar-refractivity contribution >= 4 is 11.9 Å². The van der Waals surface area contributed by atoms with Crippen LogP contribution in [0.2, 0.25) is 0 Å². The highest BCUT2D eigenvalue weighted by atomic mass is 16.6. The molecule has 31 heavy (non-hydrogen) atoms. The Kier molecular flexibility index (Phi) is 8.24. The van der Waals surface area contributed by atoms with Crippen LogP contribution in [0.1, 0.15) is 43.7 Å². The monoisotopic (exact) mass is 430 g/mol. The summed E-state index contributed by atoms with van der Waals surface area (Å²) in [6, 6.07) is 8.07. The number of carbonyl (C=O) groups is 2. The Balaban J connectivity index is 2.02. The first-order chi connectivity index (χ1) is 14.6. The van der Waals surface area contributed by atoms with Gasteiger partial charge in [0.1, 0.15) is 24.0 Å². The second-order valence-electron chi connectivity index (χ2n) is 7.69. The number of aromatic hydroxyl groups is 1. The summed E-state index contributed by atoms with van der Waals surface area (Å²) in [6.45, 7) is 9.17. The maximum absolute atomic E-state index is 12.6. The molecule has 1 unspecified atom stereocenters. The lowest BCUT2D eigenvalue weighted by Gasteiger charge is -2.29. The number of carbonyl (C=O) groups excluding carboxylic acids is 2. The number of benzene rings is 1. The first-order valence-electron chi connectivity index (χ1n) is 10.1. The van der Waals surface area contributed by atoms with E-state index in [0.717, 1.165) is 5.56 Å². The molecule has 1 heterocycles. The molecule has 1 aromatic carbocycles. The van der Waals surface area contributed by atoms with Gasteiger partial charge in [0.15, 0.2) is 17.2 Å².